The molecule has 2 atom stereocenters. The summed E-state index contributed by atoms with van der Waals surface area (Å²) in [5, 5.41) is 2.72. The fourth-order valence-corrected chi connectivity index (χ4v) is 3.08. The van der Waals surface area contributed by atoms with E-state index in [2.05, 4.69) is 27.9 Å². The van der Waals surface area contributed by atoms with Crippen LogP contribution in [0.5, 0.6) is 0 Å². The Morgan fingerprint density at radius 2 is 2.16 bits per heavy atom. The number of halogens is 1. The molecule has 1 aliphatic heterocycles. The van der Waals surface area contributed by atoms with Crippen LogP contribution in [-0.4, -0.2) is 47.9 Å². The van der Waals surface area contributed by atoms with Crippen LogP contribution in [0.2, 0.25) is 0 Å². The zero-order chi connectivity index (χ0) is 18.6. The van der Waals surface area contributed by atoms with Crippen LogP contribution in [0.15, 0.2) is 18.2 Å². The number of nitrogens with one attached hydrogen (secondary N) is 1. The number of amides is 2. The van der Waals surface area contributed by atoms with E-state index in [9.17, 15) is 14.4 Å². The van der Waals surface area contributed by atoms with Crippen LogP contribution >= 0.6 is 22.6 Å². The number of rotatable bonds is 5. The third kappa shape index (κ3) is 4.93. The largest absolute Gasteiger partial charge is 0.463 e. The first-order valence-electron chi connectivity index (χ1n) is 8.37. The Kier molecular flexibility index (Phi) is 6.80. The average Bonchev–Trinajstić information content (AvgIpc) is 2.58. The number of piperazine rings is 1. The lowest BCUT2D eigenvalue weighted by molar-refractivity contribution is -0.151. The Morgan fingerprint density at radius 3 is 2.80 bits per heavy atom. The monoisotopic (exact) mass is 458 g/mol. The van der Waals surface area contributed by atoms with Gasteiger partial charge in [-0.15, -0.1) is 0 Å². The molecule has 0 aromatic heterocycles. The van der Waals surface area contributed by atoms with E-state index in [1.165, 1.54) is 4.90 Å². The smallest absolute Gasteiger partial charge is 0.308 e. The van der Waals surface area contributed by atoms with Gasteiger partial charge < -0.3 is 15.0 Å². The normalized spacial score (nSPS) is 18.5. The molecule has 0 radical (unpaired) electrons. The molecule has 0 spiro atoms. The second-order valence-electron chi connectivity index (χ2n) is 6.18. The number of aryl methyl sites for hydroxylation is 1. The predicted molar refractivity (Wildman–Crippen MR) is 102 cm³/mol. The lowest BCUT2D eigenvalue weighted by atomic mass is 10.1. The minimum atomic E-state index is -0.836. The summed E-state index contributed by atoms with van der Waals surface area (Å²) in [4.78, 5) is 38.7. The number of carbonyl (C=O) groups is 3. The molecule has 2 amide bonds. The van der Waals surface area contributed by atoms with Crippen LogP contribution in [0.4, 0.5) is 0 Å². The zero-order valence-corrected chi connectivity index (χ0v) is 16.8. The van der Waals surface area contributed by atoms with Crippen LogP contribution in [-0.2, 0) is 14.3 Å². The van der Waals surface area contributed by atoms with Gasteiger partial charge in [-0.05, 0) is 60.6 Å². The fourth-order valence-electron chi connectivity index (χ4n) is 2.57. The summed E-state index contributed by atoms with van der Waals surface area (Å²) in [5.41, 5.74) is 1.60. The van der Waals surface area contributed by atoms with Crippen molar-refractivity contribution in [3.05, 3.63) is 32.9 Å². The molecule has 0 saturated carbocycles. The maximum atomic E-state index is 12.9. The Hall–Kier alpha value is -1.64. The summed E-state index contributed by atoms with van der Waals surface area (Å²) in [6.45, 7) is 6.44. The van der Waals surface area contributed by atoms with E-state index < -0.39 is 12.0 Å². The molecule has 2 rings (SSSR count). The highest BCUT2D eigenvalue weighted by Crippen LogP contribution is 2.19. The summed E-state index contributed by atoms with van der Waals surface area (Å²) < 4.78 is 6.25. The molecule has 136 valence electrons. The van der Waals surface area contributed by atoms with Gasteiger partial charge in [-0.2, -0.15) is 0 Å². The summed E-state index contributed by atoms with van der Waals surface area (Å²) in [6.07, 6.45) is 0.361. The van der Waals surface area contributed by atoms with Crippen molar-refractivity contribution >= 4 is 40.4 Å². The summed E-state index contributed by atoms with van der Waals surface area (Å²) in [6, 6.07) is 4.60. The van der Waals surface area contributed by atoms with E-state index in [4.69, 9.17) is 4.74 Å². The molecule has 0 bridgehead atoms. The van der Waals surface area contributed by atoms with E-state index in [1.807, 2.05) is 19.9 Å². The molecule has 0 aliphatic carbocycles. The van der Waals surface area contributed by atoms with Gasteiger partial charge in [0.1, 0.15) is 6.04 Å². The van der Waals surface area contributed by atoms with E-state index >= 15 is 0 Å². The highest BCUT2D eigenvalue weighted by molar-refractivity contribution is 14.1. The molecule has 2 unspecified atom stereocenters. The lowest BCUT2D eigenvalue weighted by Crippen LogP contribution is -2.58. The van der Waals surface area contributed by atoms with E-state index in [1.54, 1.807) is 19.1 Å². The molecule has 1 aromatic carbocycles. The standard InChI is InChI=1S/C18H23IN2O4/c1-4-12(3)25-16(22)10-15-17(23)20-7-8-21(15)18(24)13-6-5-11(2)14(19)9-13/h5-6,9,12,15H,4,7-8,10H2,1-3H3,(H,20,23). The quantitative estimate of drug-likeness (QED) is 0.543. The van der Waals surface area contributed by atoms with Crippen LogP contribution in [0.3, 0.4) is 0 Å². The fraction of sp³-hybridized carbons (Fsp3) is 0.500. The molecule has 1 fully saturated rings. The van der Waals surface area contributed by atoms with Gasteiger partial charge in [0.2, 0.25) is 5.91 Å². The Morgan fingerprint density at radius 1 is 1.44 bits per heavy atom. The van der Waals surface area contributed by atoms with Crippen molar-refractivity contribution in [2.75, 3.05) is 13.1 Å². The maximum absolute atomic E-state index is 12.9. The first kappa shape index (κ1) is 19.7. The summed E-state index contributed by atoms with van der Waals surface area (Å²) in [7, 11) is 0. The molecule has 7 heteroatoms. The Bertz CT molecular complexity index is 677. The molecular weight excluding hydrogens is 435 g/mol. The second-order valence-corrected chi connectivity index (χ2v) is 7.34. The van der Waals surface area contributed by atoms with Crippen LogP contribution in [0.1, 0.15) is 42.6 Å². The minimum Gasteiger partial charge on any atom is -0.463 e. The van der Waals surface area contributed by atoms with E-state index in [0.717, 1.165) is 9.13 Å². The first-order chi connectivity index (χ1) is 11.8. The van der Waals surface area contributed by atoms with Gasteiger partial charge in [-0.3, -0.25) is 14.4 Å². The first-order valence-corrected chi connectivity index (χ1v) is 9.45. The average molecular weight is 458 g/mol. The second kappa shape index (κ2) is 8.64. The van der Waals surface area contributed by atoms with Crippen LogP contribution in [0.25, 0.3) is 0 Å². The highest BCUT2D eigenvalue weighted by atomic mass is 127. The van der Waals surface area contributed by atoms with E-state index in [0.29, 0.717) is 25.1 Å². The third-order valence-electron chi connectivity index (χ3n) is 4.28. The lowest BCUT2D eigenvalue weighted by Gasteiger charge is -2.34. The van der Waals surface area contributed by atoms with Crippen molar-refractivity contribution < 1.29 is 19.1 Å². The number of benzene rings is 1. The SMILES string of the molecule is CCC(C)OC(=O)CC1C(=O)NCCN1C(=O)c1ccc(C)c(I)c1. The van der Waals surface area contributed by atoms with Gasteiger partial charge >= 0.3 is 5.97 Å². The number of ether oxygens (including phenoxy) is 1. The molecule has 25 heavy (non-hydrogen) atoms. The van der Waals surface area contributed by atoms with Gasteiger partial charge in [-0.25, -0.2) is 0 Å². The van der Waals surface area contributed by atoms with Crippen molar-refractivity contribution in [2.45, 2.75) is 45.8 Å². The third-order valence-corrected chi connectivity index (χ3v) is 5.44. The van der Waals surface area contributed by atoms with Crippen molar-refractivity contribution in [1.82, 2.24) is 10.2 Å². The molecule has 1 N–H and O–H groups in total. The topological polar surface area (TPSA) is 75.7 Å². The van der Waals surface area contributed by atoms with Crippen LogP contribution in [0, 0.1) is 10.5 Å². The Labute approximate surface area is 161 Å². The van der Waals surface area contributed by atoms with Gasteiger partial charge in [0.15, 0.2) is 0 Å². The van der Waals surface area contributed by atoms with Crippen molar-refractivity contribution in [3.8, 4) is 0 Å². The molecule has 1 heterocycles. The summed E-state index contributed by atoms with van der Waals surface area (Å²) in [5.74, 6) is -1.02. The zero-order valence-electron chi connectivity index (χ0n) is 14.7. The van der Waals surface area contributed by atoms with Gasteiger partial charge in [0.05, 0.1) is 12.5 Å². The van der Waals surface area contributed by atoms with E-state index in [-0.39, 0.29) is 24.3 Å². The minimum absolute atomic E-state index is 0.134. The molecule has 6 nitrogen and oxygen atoms in total. The Balaban J connectivity index is 2.17. The van der Waals surface area contributed by atoms with Gasteiger partial charge in [0.25, 0.3) is 5.91 Å². The van der Waals surface area contributed by atoms with Crippen molar-refractivity contribution in [1.29, 1.82) is 0 Å². The van der Waals surface area contributed by atoms with Gasteiger partial charge in [-0.1, -0.05) is 13.0 Å². The van der Waals surface area contributed by atoms with Crippen molar-refractivity contribution in [3.63, 3.8) is 0 Å². The number of esters is 1. The summed E-state index contributed by atoms with van der Waals surface area (Å²) >= 11 is 2.18. The molecular formula is C18H23IN2O4. The van der Waals surface area contributed by atoms with Crippen LogP contribution < -0.4 is 5.32 Å². The molecule has 1 saturated heterocycles. The van der Waals surface area contributed by atoms with Gasteiger partial charge in [0, 0.05) is 22.2 Å². The predicted octanol–water partition coefficient (Wildman–Crippen LogP) is 2.27. The number of nitrogens with zero attached hydrogens (tertiary/aromatic N) is 1. The maximum Gasteiger partial charge on any atom is 0.308 e. The number of hydrogen-bond donors (Lipinski definition) is 1. The number of carbonyl (C=O) groups excluding carboxylic acids is 3. The molecule has 1 aliphatic rings. The van der Waals surface area contributed by atoms with Crippen molar-refractivity contribution in [2.24, 2.45) is 0 Å². The molecule has 1 aromatic rings. The highest BCUT2D eigenvalue weighted by Gasteiger charge is 2.35. The number of hydrogen-bond acceptors (Lipinski definition) is 4.